The number of methoxy groups -OCH3 is 1. The number of aryl methyl sites for hydroxylation is 2. The second-order valence-electron chi connectivity index (χ2n) is 12.9. The predicted octanol–water partition coefficient (Wildman–Crippen LogP) is 2.01. The van der Waals surface area contributed by atoms with Crippen molar-refractivity contribution < 1.29 is 56.1 Å². The molecule has 0 aromatic heterocycles. The average Bonchev–Trinajstić information content (AvgIpc) is 3.02. The maximum absolute atomic E-state index is 13.1. The molecule has 5 N–H and O–H groups in total. The number of hydrogen-bond acceptors (Lipinski definition) is 12. The number of rotatable bonds is 21. The van der Waals surface area contributed by atoms with Gasteiger partial charge in [-0.05, 0) is 91.0 Å². The van der Waals surface area contributed by atoms with Gasteiger partial charge in [-0.3, -0.25) is 24.0 Å². The molecule has 1 aromatic carbocycles. The highest BCUT2D eigenvalue weighted by Gasteiger charge is 2.29. The van der Waals surface area contributed by atoms with Crippen molar-refractivity contribution in [2.75, 3.05) is 27.0 Å². The highest BCUT2D eigenvalue weighted by Crippen LogP contribution is 2.26. The van der Waals surface area contributed by atoms with Crippen LogP contribution in [0.2, 0.25) is 0 Å². The molecule has 0 bridgehead atoms. The second kappa shape index (κ2) is 21.8. The number of carbonyl (C=O) groups excluding carboxylic acids is 6. The maximum atomic E-state index is 13.1. The standard InChI is InChI=1S/C34H55N5O12S/c1-10-13-25(37-31(43)26(38-33(45)49-11-2)15-16-28(41)51-34(6,7)8)30(42)36-20-35-27(40)14-12-17-50-24-18-21(3)29(22(4)19-24)52(46,47)39-23(5)32(44)48-9/h18-19,23,25-26,39H,10-17,20H2,1-9H3,(H,35,40)(H,36,42)(H,37,43)(H,38,45). The van der Waals surface area contributed by atoms with Gasteiger partial charge in [-0.25, -0.2) is 13.2 Å². The van der Waals surface area contributed by atoms with E-state index in [4.69, 9.17) is 14.2 Å². The van der Waals surface area contributed by atoms with E-state index in [1.54, 1.807) is 53.7 Å². The fourth-order valence-electron chi connectivity index (χ4n) is 4.87. The number of alkyl carbamates (subject to hydrolysis) is 1. The summed E-state index contributed by atoms with van der Waals surface area (Å²) < 4.78 is 48.5. The molecule has 0 saturated heterocycles. The number of sulfonamides is 1. The molecule has 4 amide bonds. The Morgan fingerprint density at radius 3 is 2.04 bits per heavy atom. The highest BCUT2D eigenvalue weighted by atomic mass is 32.2. The van der Waals surface area contributed by atoms with Gasteiger partial charge in [0.25, 0.3) is 0 Å². The number of hydrogen-bond donors (Lipinski definition) is 5. The first-order valence-electron chi connectivity index (χ1n) is 17.1. The zero-order valence-electron chi connectivity index (χ0n) is 31.6. The van der Waals surface area contributed by atoms with Gasteiger partial charge in [-0.2, -0.15) is 4.72 Å². The van der Waals surface area contributed by atoms with Crippen LogP contribution >= 0.6 is 0 Å². The van der Waals surface area contributed by atoms with Crippen LogP contribution in [0.25, 0.3) is 0 Å². The minimum absolute atomic E-state index is 0.0177. The van der Waals surface area contributed by atoms with Crippen molar-refractivity contribution >= 4 is 45.8 Å². The zero-order chi connectivity index (χ0) is 39.6. The van der Waals surface area contributed by atoms with Crippen molar-refractivity contribution in [2.24, 2.45) is 0 Å². The lowest BCUT2D eigenvalue weighted by molar-refractivity contribution is -0.155. The third-order valence-electron chi connectivity index (χ3n) is 7.11. The van der Waals surface area contributed by atoms with Gasteiger partial charge < -0.3 is 40.2 Å². The van der Waals surface area contributed by atoms with Gasteiger partial charge in [-0.1, -0.05) is 13.3 Å². The van der Waals surface area contributed by atoms with E-state index in [9.17, 15) is 37.2 Å². The van der Waals surface area contributed by atoms with E-state index in [1.165, 1.54) is 6.92 Å². The van der Waals surface area contributed by atoms with Gasteiger partial charge in [0.1, 0.15) is 29.5 Å². The third-order valence-corrected chi connectivity index (χ3v) is 8.95. The maximum Gasteiger partial charge on any atom is 0.407 e. The summed E-state index contributed by atoms with van der Waals surface area (Å²) in [4.78, 5) is 74.5. The smallest absolute Gasteiger partial charge is 0.407 e. The zero-order valence-corrected chi connectivity index (χ0v) is 32.4. The lowest BCUT2D eigenvalue weighted by atomic mass is 10.1. The van der Waals surface area contributed by atoms with Crippen LogP contribution in [0.3, 0.4) is 0 Å². The summed E-state index contributed by atoms with van der Waals surface area (Å²) >= 11 is 0. The Balaban J connectivity index is 2.67. The van der Waals surface area contributed by atoms with Gasteiger partial charge >= 0.3 is 18.0 Å². The van der Waals surface area contributed by atoms with E-state index in [2.05, 4.69) is 30.7 Å². The highest BCUT2D eigenvalue weighted by molar-refractivity contribution is 7.89. The lowest BCUT2D eigenvalue weighted by Crippen LogP contribution is -2.54. The number of ether oxygens (including phenoxy) is 4. The summed E-state index contributed by atoms with van der Waals surface area (Å²) in [6.45, 7) is 13.1. The van der Waals surface area contributed by atoms with Crippen LogP contribution in [0.4, 0.5) is 4.79 Å². The topological polar surface area (TPSA) is 234 Å². The predicted molar refractivity (Wildman–Crippen MR) is 189 cm³/mol. The summed E-state index contributed by atoms with van der Waals surface area (Å²) in [6, 6.07) is -0.163. The second-order valence-corrected chi connectivity index (χ2v) is 14.6. The molecule has 18 heteroatoms. The van der Waals surface area contributed by atoms with Gasteiger partial charge in [0.2, 0.25) is 27.7 Å². The molecule has 0 saturated carbocycles. The Labute approximate surface area is 306 Å². The van der Waals surface area contributed by atoms with E-state index in [0.29, 0.717) is 29.7 Å². The van der Waals surface area contributed by atoms with Gasteiger partial charge in [0.15, 0.2) is 0 Å². The van der Waals surface area contributed by atoms with Crippen LogP contribution in [0.5, 0.6) is 5.75 Å². The first kappa shape index (κ1) is 45.6. The van der Waals surface area contributed by atoms with Crippen LogP contribution in [-0.4, -0.2) is 94.9 Å². The number of carbonyl (C=O) groups is 6. The summed E-state index contributed by atoms with van der Waals surface area (Å²) in [6.07, 6.45) is 0.0355. The van der Waals surface area contributed by atoms with Crippen molar-refractivity contribution in [3.05, 3.63) is 23.3 Å². The van der Waals surface area contributed by atoms with E-state index >= 15 is 0 Å². The van der Waals surface area contributed by atoms with Crippen LogP contribution in [-0.2, 0) is 48.2 Å². The summed E-state index contributed by atoms with van der Waals surface area (Å²) in [7, 11) is -2.86. The SMILES string of the molecule is CCCC(NC(=O)C(CCC(=O)OC(C)(C)C)NC(=O)OCC)C(=O)NCNC(=O)CCCOc1cc(C)c(S(=O)(=O)NC(C)C(=O)OC)c(C)c1. The third kappa shape index (κ3) is 16.7. The number of benzene rings is 1. The molecule has 3 unspecified atom stereocenters. The van der Waals surface area contributed by atoms with Crippen LogP contribution in [0, 0.1) is 13.8 Å². The molecule has 294 valence electrons. The average molecular weight is 758 g/mol. The Bertz CT molecular complexity index is 1490. The van der Waals surface area contributed by atoms with Crippen molar-refractivity contribution in [3.8, 4) is 5.75 Å². The molecule has 0 spiro atoms. The number of nitrogens with one attached hydrogen (secondary N) is 5. The molecule has 1 rings (SSSR count). The Kier molecular flexibility index (Phi) is 19.1. The fourth-order valence-corrected chi connectivity index (χ4v) is 6.51. The summed E-state index contributed by atoms with van der Waals surface area (Å²) in [5.41, 5.74) is 0.0688. The molecule has 0 fully saturated rings. The number of amides is 4. The van der Waals surface area contributed by atoms with Crippen molar-refractivity contribution in [1.82, 2.24) is 26.0 Å². The normalized spacial score (nSPS) is 13.1. The number of esters is 2. The monoisotopic (exact) mass is 757 g/mol. The molecule has 17 nitrogen and oxygen atoms in total. The molecule has 0 aliphatic carbocycles. The van der Waals surface area contributed by atoms with Crippen LogP contribution in [0.1, 0.15) is 91.2 Å². The summed E-state index contributed by atoms with van der Waals surface area (Å²) in [5.74, 6) is -2.51. The minimum atomic E-state index is -4.03. The van der Waals surface area contributed by atoms with Crippen molar-refractivity contribution in [1.29, 1.82) is 0 Å². The quantitative estimate of drug-likeness (QED) is 0.0525. The molecule has 1 aromatic rings. The molecule has 3 atom stereocenters. The van der Waals surface area contributed by atoms with E-state index in [1.807, 2.05) is 6.92 Å². The van der Waals surface area contributed by atoms with Crippen molar-refractivity contribution in [3.63, 3.8) is 0 Å². The van der Waals surface area contributed by atoms with Crippen LogP contribution < -0.4 is 30.7 Å². The Morgan fingerprint density at radius 2 is 1.48 bits per heavy atom. The lowest BCUT2D eigenvalue weighted by Gasteiger charge is -2.23. The van der Waals surface area contributed by atoms with Gasteiger partial charge in [0, 0.05) is 12.8 Å². The first-order chi connectivity index (χ1) is 24.2. The van der Waals surface area contributed by atoms with E-state index in [0.717, 1.165) is 7.11 Å². The minimum Gasteiger partial charge on any atom is -0.494 e. The summed E-state index contributed by atoms with van der Waals surface area (Å²) in [5, 5.41) is 10.2. The fraction of sp³-hybridized carbons (Fsp3) is 0.647. The van der Waals surface area contributed by atoms with Crippen molar-refractivity contribution in [2.45, 2.75) is 123 Å². The molecular formula is C34H55N5O12S. The van der Waals surface area contributed by atoms with Gasteiger partial charge in [0.05, 0.1) is 31.9 Å². The van der Waals surface area contributed by atoms with E-state index < -0.39 is 63.6 Å². The molecule has 0 aliphatic rings. The van der Waals surface area contributed by atoms with Crippen LogP contribution in [0.15, 0.2) is 17.0 Å². The molecule has 0 radical (unpaired) electrons. The van der Waals surface area contributed by atoms with E-state index in [-0.39, 0.29) is 56.4 Å². The Morgan fingerprint density at radius 1 is 0.865 bits per heavy atom. The van der Waals surface area contributed by atoms with Gasteiger partial charge in [-0.15, -0.1) is 0 Å². The molecule has 0 aliphatic heterocycles. The molecule has 0 heterocycles. The first-order valence-corrected chi connectivity index (χ1v) is 18.6. The molecular weight excluding hydrogens is 702 g/mol. The molecule has 52 heavy (non-hydrogen) atoms. The largest absolute Gasteiger partial charge is 0.494 e. The Hall–Kier alpha value is -4.45.